The number of aliphatic imine (C=N–C) groups is 1. The van der Waals surface area contributed by atoms with Crippen molar-refractivity contribution in [3.8, 4) is 0 Å². The molecule has 4 nitrogen and oxygen atoms in total. The monoisotopic (exact) mass is 173 g/mol. The van der Waals surface area contributed by atoms with E-state index in [4.69, 9.17) is 0 Å². The lowest BCUT2D eigenvalue weighted by atomic mass is 10.4. The number of fused-ring (bicyclic) bond motifs is 1. The molecule has 0 aliphatic rings. The van der Waals surface area contributed by atoms with E-state index in [0.29, 0.717) is 5.82 Å². The average Bonchev–Trinajstić information content (AvgIpc) is 2.50. The third-order valence-corrected chi connectivity index (χ3v) is 1.87. The van der Waals surface area contributed by atoms with Crippen LogP contribution in [0.5, 0.6) is 0 Å². The normalized spacial score (nSPS) is 9.92. The first kappa shape index (κ1) is 7.71. The van der Waals surface area contributed by atoms with E-state index in [-0.39, 0.29) is 0 Å². The van der Waals surface area contributed by atoms with Crippen LogP contribution in [0.25, 0.3) is 5.52 Å². The molecule has 0 saturated heterocycles. The van der Waals surface area contributed by atoms with Gasteiger partial charge in [0.25, 0.3) is 0 Å². The van der Waals surface area contributed by atoms with Crippen molar-refractivity contribution in [1.29, 1.82) is 0 Å². The van der Waals surface area contributed by atoms with E-state index in [1.54, 1.807) is 16.7 Å². The molecule has 0 spiro atoms. The van der Waals surface area contributed by atoms with Crippen LogP contribution in [0.1, 0.15) is 5.82 Å². The molecule has 13 heavy (non-hydrogen) atoms. The molecule has 0 aliphatic carbocycles. The van der Waals surface area contributed by atoms with Crippen LogP contribution in [0.2, 0.25) is 0 Å². The fourth-order valence-corrected chi connectivity index (χ4v) is 1.32. The maximum Gasteiger partial charge on any atom is 0.242 e. The van der Waals surface area contributed by atoms with Gasteiger partial charge in [0.05, 0.1) is 11.7 Å². The minimum Gasteiger partial charge on any atom is -0.280 e. The van der Waals surface area contributed by atoms with E-state index in [2.05, 4.69) is 9.98 Å². The summed E-state index contributed by atoms with van der Waals surface area (Å²) in [5, 5.41) is 0. The summed E-state index contributed by atoms with van der Waals surface area (Å²) in [4.78, 5) is 17.8. The molecule has 0 N–H and O–H groups in total. The van der Waals surface area contributed by atoms with E-state index in [1.165, 1.54) is 6.08 Å². The van der Waals surface area contributed by atoms with Crippen LogP contribution in [0.3, 0.4) is 0 Å². The maximum absolute atomic E-state index is 10.1. The molecular weight excluding hydrogens is 166 g/mol. The Kier molecular flexibility index (Phi) is 1.69. The summed E-state index contributed by atoms with van der Waals surface area (Å²) in [6.07, 6.45) is 3.25. The van der Waals surface area contributed by atoms with Crippen molar-refractivity contribution < 1.29 is 4.79 Å². The van der Waals surface area contributed by atoms with Crippen molar-refractivity contribution >= 4 is 17.4 Å². The Bertz CT molecular complexity index is 495. The molecule has 0 radical (unpaired) electrons. The number of aromatic nitrogens is 2. The SMILES string of the molecule is Cc1ncc2cccc(N=C=O)n12. The number of pyridine rings is 1. The topological polar surface area (TPSA) is 46.7 Å². The molecule has 2 heterocycles. The van der Waals surface area contributed by atoms with Crippen LogP contribution in [-0.2, 0) is 4.79 Å². The number of hydrogen-bond acceptors (Lipinski definition) is 3. The van der Waals surface area contributed by atoms with Gasteiger partial charge >= 0.3 is 0 Å². The number of imidazole rings is 1. The van der Waals surface area contributed by atoms with Crippen LogP contribution >= 0.6 is 0 Å². The van der Waals surface area contributed by atoms with Crippen molar-refractivity contribution in [1.82, 2.24) is 9.38 Å². The van der Waals surface area contributed by atoms with Crippen molar-refractivity contribution in [3.05, 3.63) is 30.2 Å². The maximum atomic E-state index is 10.1. The van der Waals surface area contributed by atoms with E-state index in [1.807, 2.05) is 19.1 Å². The lowest BCUT2D eigenvalue weighted by Gasteiger charge is -1.98. The second-order valence-electron chi connectivity index (χ2n) is 2.65. The summed E-state index contributed by atoms with van der Waals surface area (Å²) in [6, 6.07) is 5.48. The molecule has 0 saturated carbocycles. The van der Waals surface area contributed by atoms with Crippen LogP contribution in [0.15, 0.2) is 29.4 Å². The predicted octanol–water partition coefficient (Wildman–Crippen LogP) is 1.61. The smallest absolute Gasteiger partial charge is 0.242 e. The highest BCUT2D eigenvalue weighted by molar-refractivity contribution is 5.55. The first-order valence-electron chi connectivity index (χ1n) is 3.84. The Labute approximate surface area is 74.6 Å². The molecule has 0 fully saturated rings. The Balaban J connectivity index is 2.87. The van der Waals surface area contributed by atoms with E-state index in [0.717, 1.165) is 11.3 Å². The molecule has 2 aromatic heterocycles. The van der Waals surface area contributed by atoms with Gasteiger partial charge in [-0.05, 0) is 19.1 Å². The fraction of sp³-hybridized carbons (Fsp3) is 0.111. The third-order valence-electron chi connectivity index (χ3n) is 1.87. The zero-order valence-corrected chi connectivity index (χ0v) is 7.06. The van der Waals surface area contributed by atoms with Crippen LogP contribution < -0.4 is 0 Å². The fourth-order valence-electron chi connectivity index (χ4n) is 1.32. The van der Waals surface area contributed by atoms with Gasteiger partial charge in [-0.2, -0.15) is 0 Å². The minimum absolute atomic E-state index is 0.558. The van der Waals surface area contributed by atoms with Gasteiger partial charge in [0.1, 0.15) is 5.82 Å². The van der Waals surface area contributed by atoms with Gasteiger partial charge in [-0.15, -0.1) is 4.99 Å². The molecule has 0 bridgehead atoms. The first-order chi connectivity index (χ1) is 6.33. The largest absolute Gasteiger partial charge is 0.280 e. The van der Waals surface area contributed by atoms with Gasteiger partial charge in [-0.25, -0.2) is 9.78 Å². The number of hydrogen-bond donors (Lipinski definition) is 0. The van der Waals surface area contributed by atoms with Gasteiger partial charge < -0.3 is 0 Å². The molecule has 0 unspecified atom stereocenters. The highest BCUT2D eigenvalue weighted by atomic mass is 16.1. The summed E-state index contributed by atoms with van der Waals surface area (Å²) < 4.78 is 1.80. The molecule has 64 valence electrons. The van der Waals surface area contributed by atoms with E-state index in [9.17, 15) is 4.79 Å². The van der Waals surface area contributed by atoms with Crippen molar-refractivity contribution in [2.75, 3.05) is 0 Å². The number of nitrogens with zero attached hydrogens (tertiary/aromatic N) is 3. The molecule has 0 amide bonds. The summed E-state index contributed by atoms with van der Waals surface area (Å²) >= 11 is 0. The highest BCUT2D eigenvalue weighted by Crippen LogP contribution is 2.16. The van der Waals surface area contributed by atoms with Crippen molar-refractivity contribution in [3.63, 3.8) is 0 Å². The van der Waals surface area contributed by atoms with Crippen molar-refractivity contribution in [2.24, 2.45) is 4.99 Å². The Morgan fingerprint density at radius 3 is 3.15 bits per heavy atom. The molecule has 2 aromatic rings. The predicted molar refractivity (Wildman–Crippen MR) is 47.7 cm³/mol. The van der Waals surface area contributed by atoms with Crippen LogP contribution in [0, 0.1) is 6.92 Å². The molecule has 0 aliphatic heterocycles. The summed E-state index contributed by atoms with van der Waals surface area (Å²) in [5.74, 6) is 1.37. The minimum atomic E-state index is 0.558. The Hall–Kier alpha value is -1.93. The second kappa shape index (κ2) is 2.84. The molecule has 0 aromatic carbocycles. The van der Waals surface area contributed by atoms with Gasteiger partial charge in [-0.3, -0.25) is 4.40 Å². The van der Waals surface area contributed by atoms with Gasteiger partial charge in [-0.1, -0.05) is 6.07 Å². The van der Waals surface area contributed by atoms with Crippen LogP contribution in [-0.4, -0.2) is 15.5 Å². The van der Waals surface area contributed by atoms with Gasteiger partial charge in [0, 0.05) is 0 Å². The number of rotatable bonds is 1. The zero-order chi connectivity index (χ0) is 9.26. The lowest BCUT2D eigenvalue weighted by Crippen LogP contribution is -1.87. The standard InChI is InChI=1S/C9H7N3O/c1-7-10-5-8-3-2-4-9(11-6-13)12(7)8/h2-5H,1H3. The first-order valence-corrected chi connectivity index (χ1v) is 3.84. The number of isocyanates is 1. The van der Waals surface area contributed by atoms with E-state index >= 15 is 0 Å². The highest BCUT2D eigenvalue weighted by Gasteiger charge is 2.01. The Morgan fingerprint density at radius 1 is 1.54 bits per heavy atom. The number of carbonyl (C=O) groups excluding carboxylic acids is 1. The van der Waals surface area contributed by atoms with Crippen LogP contribution in [0.4, 0.5) is 5.82 Å². The number of aryl methyl sites for hydroxylation is 1. The Morgan fingerprint density at radius 2 is 2.38 bits per heavy atom. The van der Waals surface area contributed by atoms with Gasteiger partial charge in [0.15, 0.2) is 5.82 Å². The summed E-state index contributed by atoms with van der Waals surface area (Å²) in [5.41, 5.74) is 0.925. The quantitative estimate of drug-likeness (QED) is 0.485. The lowest BCUT2D eigenvalue weighted by molar-refractivity contribution is 0.565. The van der Waals surface area contributed by atoms with Gasteiger partial charge in [0.2, 0.25) is 6.08 Å². The molecule has 0 atom stereocenters. The second-order valence-corrected chi connectivity index (χ2v) is 2.65. The van der Waals surface area contributed by atoms with E-state index < -0.39 is 0 Å². The average molecular weight is 173 g/mol. The summed E-state index contributed by atoms with van der Waals surface area (Å²) in [7, 11) is 0. The molecule has 4 heteroatoms. The zero-order valence-electron chi connectivity index (χ0n) is 7.06. The van der Waals surface area contributed by atoms with Crippen molar-refractivity contribution in [2.45, 2.75) is 6.92 Å². The molecular formula is C9H7N3O. The summed E-state index contributed by atoms with van der Waals surface area (Å²) in [6.45, 7) is 1.86. The molecule has 2 rings (SSSR count). The third kappa shape index (κ3) is 1.13.